The van der Waals surface area contributed by atoms with E-state index in [0.29, 0.717) is 5.41 Å². The van der Waals surface area contributed by atoms with Crippen LogP contribution in [-0.2, 0) is 0 Å². The maximum absolute atomic E-state index is 6.04. The smallest absolute Gasteiger partial charge is 0.000661 e. The van der Waals surface area contributed by atoms with Crippen LogP contribution in [0.1, 0.15) is 57.8 Å². The van der Waals surface area contributed by atoms with Crippen molar-refractivity contribution in [1.29, 1.82) is 0 Å². The molecule has 17 heavy (non-hydrogen) atoms. The van der Waals surface area contributed by atoms with E-state index >= 15 is 0 Å². The summed E-state index contributed by atoms with van der Waals surface area (Å²) in [4.78, 5) is 2.55. The Balaban J connectivity index is 1.70. The molecule has 2 aliphatic carbocycles. The molecule has 2 rings (SSSR count). The van der Waals surface area contributed by atoms with E-state index in [-0.39, 0.29) is 0 Å². The number of rotatable bonds is 6. The third-order valence-corrected chi connectivity index (χ3v) is 5.17. The van der Waals surface area contributed by atoms with Gasteiger partial charge in [-0.3, -0.25) is 0 Å². The molecule has 2 heteroatoms. The molecule has 2 fully saturated rings. The summed E-state index contributed by atoms with van der Waals surface area (Å²) in [5, 5.41) is 0. The minimum atomic E-state index is 0.492. The van der Waals surface area contributed by atoms with Gasteiger partial charge in [0.05, 0.1) is 0 Å². The largest absolute Gasteiger partial charge is 0.330 e. The van der Waals surface area contributed by atoms with Crippen molar-refractivity contribution in [3.05, 3.63) is 0 Å². The van der Waals surface area contributed by atoms with Crippen molar-refractivity contribution in [1.82, 2.24) is 4.90 Å². The monoisotopic (exact) mass is 238 g/mol. The molecule has 2 N–H and O–H groups in total. The van der Waals surface area contributed by atoms with Crippen LogP contribution in [0.25, 0.3) is 0 Å². The topological polar surface area (TPSA) is 29.3 Å². The Morgan fingerprint density at radius 1 is 1.12 bits per heavy atom. The predicted molar refractivity (Wildman–Crippen MR) is 74.0 cm³/mol. The second-order valence-electron chi connectivity index (χ2n) is 6.57. The molecule has 2 nitrogen and oxygen atoms in total. The number of nitrogens with zero attached hydrogens (tertiary/aromatic N) is 1. The van der Waals surface area contributed by atoms with Crippen molar-refractivity contribution in [2.75, 3.05) is 26.7 Å². The van der Waals surface area contributed by atoms with Gasteiger partial charge < -0.3 is 10.6 Å². The molecule has 0 saturated heterocycles. The Hall–Kier alpha value is -0.0800. The summed E-state index contributed by atoms with van der Waals surface area (Å²) in [7, 11) is 2.30. The van der Waals surface area contributed by atoms with Crippen LogP contribution >= 0.6 is 0 Å². The van der Waals surface area contributed by atoms with E-state index in [9.17, 15) is 0 Å². The van der Waals surface area contributed by atoms with Crippen LogP contribution in [-0.4, -0.2) is 31.6 Å². The van der Waals surface area contributed by atoms with E-state index in [1.807, 2.05) is 0 Å². The highest BCUT2D eigenvalue weighted by molar-refractivity contribution is 4.85. The first-order chi connectivity index (χ1) is 8.24. The van der Waals surface area contributed by atoms with Crippen LogP contribution in [0.15, 0.2) is 0 Å². The van der Waals surface area contributed by atoms with E-state index < -0.39 is 0 Å². The SMILES string of the molecule is CN(CCC1(CN)CCCCC1)CC1CCC1. The quantitative estimate of drug-likeness (QED) is 0.771. The van der Waals surface area contributed by atoms with Gasteiger partial charge in [-0.1, -0.05) is 25.7 Å². The average Bonchev–Trinajstić information content (AvgIpc) is 2.32. The lowest BCUT2D eigenvalue weighted by Crippen LogP contribution is -2.38. The van der Waals surface area contributed by atoms with E-state index in [2.05, 4.69) is 11.9 Å². The van der Waals surface area contributed by atoms with E-state index in [1.54, 1.807) is 0 Å². The highest BCUT2D eigenvalue weighted by Crippen LogP contribution is 2.38. The van der Waals surface area contributed by atoms with E-state index in [1.165, 1.54) is 70.9 Å². The fourth-order valence-corrected chi connectivity index (χ4v) is 3.49. The fraction of sp³-hybridized carbons (Fsp3) is 1.00. The van der Waals surface area contributed by atoms with Gasteiger partial charge in [0.1, 0.15) is 0 Å². The highest BCUT2D eigenvalue weighted by Gasteiger charge is 2.30. The van der Waals surface area contributed by atoms with Gasteiger partial charge in [-0.15, -0.1) is 0 Å². The molecule has 0 amide bonds. The first kappa shape index (κ1) is 13.4. The molecular formula is C15H30N2. The lowest BCUT2D eigenvalue weighted by molar-refractivity contribution is 0.138. The Labute approximate surface area is 107 Å². The third-order valence-electron chi connectivity index (χ3n) is 5.17. The number of hydrogen-bond donors (Lipinski definition) is 1. The Morgan fingerprint density at radius 3 is 2.35 bits per heavy atom. The standard InChI is InChI=1S/C15H30N2/c1-17(12-14-6-5-7-14)11-10-15(13-16)8-3-2-4-9-15/h14H,2-13,16H2,1H3. The molecule has 0 radical (unpaired) electrons. The van der Waals surface area contributed by atoms with Gasteiger partial charge in [0.15, 0.2) is 0 Å². The van der Waals surface area contributed by atoms with Crippen LogP contribution < -0.4 is 5.73 Å². The summed E-state index contributed by atoms with van der Waals surface area (Å²) in [5.74, 6) is 1.00. The lowest BCUT2D eigenvalue weighted by Gasteiger charge is -2.38. The van der Waals surface area contributed by atoms with Crippen molar-refractivity contribution >= 4 is 0 Å². The average molecular weight is 238 g/mol. The van der Waals surface area contributed by atoms with Crippen molar-refractivity contribution in [2.45, 2.75) is 57.8 Å². The van der Waals surface area contributed by atoms with Gasteiger partial charge in [-0.2, -0.15) is 0 Å². The molecule has 100 valence electrons. The first-order valence-corrected chi connectivity index (χ1v) is 7.63. The molecule has 0 aromatic rings. The summed E-state index contributed by atoms with van der Waals surface area (Å²) >= 11 is 0. The zero-order valence-corrected chi connectivity index (χ0v) is 11.6. The summed E-state index contributed by atoms with van der Waals surface area (Å²) in [6, 6.07) is 0. The molecule has 0 heterocycles. The van der Waals surface area contributed by atoms with E-state index in [0.717, 1.165) is 12.5 Å². The van der Waals surface area contributed by atoms with Crippen LogP contribution in [0.5, 0.6) is 0 Å². The van der Waals surface area contributed by atoms with Gasteiger partial charge in [0.2, 0.25) is 0 Å². The normalized spacial score (nSPS) is 24.9. The molecule has 0 aromatic heterocycles. The van der Waals surface area contributed by atoms with Crippen molar-refractivity contribution in [2.24, 2.45) is 17.1 Å². The van der Waals surface area contributed by atoms with Crippen LogP contribution in [0.4, 0.5) is 0 Å². The van der Waals surface area contributed by atoms with Gasteiger partial charge in [-0.05, 0) is 63.6 Å². The Morgan fingerprint density at radius 2 is 1.82 bits per heavy atom. The number of nitrogens with two attached hydrogens (primary N) is 1. The molecule has 0 aromatic carbocycles. The van der Waals surface area contributed by atoms with Crippen molar-refractivity contribution < 1.29 is 0 Å². The summed E-state index contributed by atoms with van der Waals surface area (Å²) in [6.07, 6.45) is 12.7. The Bertz CT molecular complexity index is 217. The second-order valence-corrected chi connectivity index (χ2v) is 6.57. The van der Waals surface area contributed by atoms with E-state index in [4.69, 9.17) is 5.73 Å². The molecule has 0 unspecified atom stereocenters. The molecule has 0 atom stereocenters. The first-order valence-electron chi connectivity index (χ1n) is 7.63. The molecular weight excluding hydrogens is 208 g/mol. The molecule has 2 saturated carbocycles. The fourth-order valence-electron chi connectivity index (χ4n) is 3.49. The number of hydrogen-bond acceptors (Lipinski definition) is 2. The van der Waals surface area contributed by atoms with Gasteiger partial charge >= 0.3 is 0 Å². The minimum Gasteiger partial charge on any atom is -0.330 e. The van der Waals surface area contributed by atoms with Gasteiger partial charge in [0, 0.05) is 6.54 Å². The van der Waals surface area contributed by atoms with Crippen LogP contribution in [0.2, 0.25) is 0 Å². The predicted octanol–water partition coefficient (Wildman–Crippen LogP) is 3.02. The van der Waals surface area contributed by atoms with Crippen LogP contribution in [0.3, 0.4) is 0 Å². The maximum atomic E-state index is 6.04. The second kappa shape index (κ2) is 6.19. The Kier molecular flexibility index (Phi) is 4.87. The lowest BCUT2D eigenvalue weighted by atomic mass is 9.72. The minimum absolute atomic E-state index is 0.492. The zero-order chi connectivity index (χ0) is 12.1. The maximum Gasteiger partial charge on any atom is 0.000661 e. The van der Waals surface area contributed by atoms with Crippen LogP contribution in [0, 0.1) is 11.3 Å². The summed E-state index contributed by atoms with van der Waals surface area (Å²) in [5.41, 5.74) is 6.54. The van der Waals surface area contributed by atoms with Gasteiger partial charge in [0.25, 0.3) is 0 Å². The van der Waals surface area contributed by atoms with Crippen molar-refractivity contribution in [3.8, 4) is 0 Å². The zero-order valence-electron chi connectivity index (χ0n) is 11.6. The molecule has 0 aliphatic heterocycles. The molecule has 0 spiro atoms. The summed E-state index contributed by atoms with van der Waals surface area (Å²) in [6.45, 7) is 3.48. The molecule has 2 aliphatic rings. The van der Waals surface area contributed by atoms with Gasteiger partial charge in [-0.25, -0.2) is 0 Å². The molecule has 0 bridgehead atoms. The third kappa shape index (κ3) is 3.69. The van der Waals surface area contributed by atoms with Crippen molar-refractivity contribution in [3.63, 3.8) is 0 Å². The highest BCUT2D eigenvalue weighted by atomic mass is 15.1. The summed E-state index contributed by atoms with van der Waals surface area (Å²) < 4.78 is 0.